The van der Waals surface area contributed by atoms with Crippen LogP contribution >= 0.6 is 0 Å². The molecule has 2 atom stereocenters. The molecule has 72 heavy (non-hydrogen) atoms. The van der Waals surface area contributed by atoms with E-state index in [4.69, 9.17) is 18.9 Å². The van der Waals surface area contributed by atoms with Crippen molar-refractivity contribution in [1.29, 1.82) is 0 Å². The van der Waals surface area contributed by atoms with Gasteiger partial charge in [0.05, 0.1) is 40.3 Å². The Kier molecular flexibility index (Phi) is 50.7. The van der Waals surface area contributed by atoms with Gasteiger partial charge in [0.15, 0.2) is 12.4 Å². The first kappa shape index (κ1) is 68.2. The fourth-order valence-corrected chi connectivity index (χ4v) is 7.63. The highest BCUT2D eigenvalue weighted by Crippen LogP contribution is 2.15. The predicted molar refractivity (Wildman–Crippen MR) is 301 cm³/mol. The van der Waals surface area contributed by atoms with Gasteiger partial charge < -0.3 is 33.3 Å². The topological polar surface area (TPSA) is 111 Å². The average molecular weight is 1010 g/mol. The maximum atomic E-state index is 12.9. The lowest BCUT2D eigenvalue weighted by molar-refractivity contribution is -0.870. The van der Waals surface area contributed by atoms with Crippen LogP contribution in [-0.2, 0) is 33.3 Å². The third-order valence-electron chi connectivity index (χ3n) is 12.1. The van der Waals surface area contributed by atoms with E-state index in [9.17, 15) is 19.5 Å². The third kappa shape index (κ3) is 54.0. The molecule has 0 saturated carbocycles. The van der Waals surface area contributed by atoms with Crippen LogP contribution in [-0.4, -0.2) is 82.3 Å². The summed E-state index contributed by atoms with van der Waals surface area (Å²) in [6.45, 7) is 4.60. The summed E-state index contributed by atoms with van der Waals surface area (Å²) in [5, 5.41) is 11.8. The van der Waals surface area contributed by atoms with Gasteiger partial charge >= 0.3 is 11.9 Å². The first-order chi connectivity index (χ1) is 35.1. The molecule has 0 aromatic heterocycles. The molecule has 0 aromatic carbocycles. The van der Waals surface area contributed by atoms with E-state index < -0.39 is 24.3 Å². The Bertz CT molecular complexity index is 1500. The van der Waals surface area contributed by atoms with Gasteiger partial charge in [-0.3, -0.25) is 9.59 Å². The molecule has 0 amide bonds. The number of carboxylic acid groups (broad SMARTS) is 1. The summed E-state index contributed by atoms with van der Waals surface area (Å²) >= 11 is 0. The molecule has 0 aliphatic rings. The second-order valence-electron chi connectivity index (χ2n) is 20.2. The number of aliphatic carboxylic acids is 1. The van der Waals surface area contributed by atoms with E-state index >= 15 is 0 Å². The number of allylic oxidation sites excluding steroid dienone is 16. The largest absolute Gasteiger partial charge is 0.545 e. The second-order valence-corrected chi connectivity index (χ2v) is 20.2. The van der Waals surface area contributed by atoms with Crippen molar-refractivity contribution in [1.82, 2.24) is 0 Å². The van der Waals surface area contributed by atoms with Crippen LogP contribution in [0.1, 0.15) is 226 Å². The summed E-state index contributed by atoms with van der Waals surface area (Å²) in [6.07, 6.45) is 68.7. The molecule has 0 aliphatic carbocycles. The highest BCUT2D eigenvalue weighted by atomic mass is 16.7. The smallest absolute Gasteiger partial charge is 0.306 e. The van der Waals surface area contributed by atoms with Gasteiger partial charge in [0.1, 0.15) is 13.2 Å². The lowest BCUT2D eigenvalue weighted by Crippen LogP contribution is -2.44. The number of carboxylic acids is 1. The molecule has 0 heterocycles. The molecule has 0 N–H and O–H groups in total. The molecule has 0 aliphatic heterocycles. The highest BCUT2D eigenvalue weighted by Gasteiger charge is 2.22. The van der Waals surface area contributed by atoms with Gasteiger partial charge in [0, 0.05) is 12.8 Å². The molecule has 0 radical (unpaired) electrons. The van der Waals surface area contributed by atoms with Crippen LogP contribution in [0.25, 0.3) is 0 Å². The number of carbonyl (C=O) groups excluding carboxylic acids is 3. The van der Waals surface area contributed by atoms with Crippen LogP contribution in [0.3, 0.4) is 0 Å². The predicted octanol–water partition coefficient (Wildman–Crippen LogP) is 15.6. The molecule has 0 bridgehead atoms. The molecule has 0 rings (SSSR count). The molecule has 0 fully saturated rings. The Balaban J connectivity index is 4.27. The van der Waals surface area contributed by atoms with Crippen molar-refractivity contribution in [2.45, 2.75) is 238 Å². The molecule has 0 spiro atoms. The standard InChI is InChI=1S/C63H107NO8/c1-6-8-10-12-14-16-18-20-22-24-26-27-28-29-30-31-32-33-34-35-36-38-40-42-44-46-48-50-52-54-61(66)72-59(58-71-63(62(67)68)69-56-55-64(3,4)5)57-70-60(65)53-51-49-47-45-43-41-39-37-25-23-21-19-17-15-13-11-9-7-2/h8,10,14,16-17,19-20,22-23,25-27,29-30,32-33,59,63H,6-7,9,11-13,15,18,21,24,28,31,34-58H2,1-5H3/b10-8-,16-14-,19-17-,22-20-,25-23-,27-26-,30-29-,33-32-. The Labute approximate surface area is 442 Å². The minimum Gasteiger partial charge on any atom is -0.545 e. The Hall–Kier alpha value is -3.79. The van der Waals surface area contributed by atoms with Crippen molar-refractivity contribution in [2.75, 3.05) is 47.5 Å². The van der Waals surface area contributed by atoms with E-state index in [0.29, 0.717) is 17.4 Å². The minimum absolute atomic E-state index is 0.141. The summed E-state index contributed by atoms with van der Waals surface area (Å²) in [4.78, 5) is 37.3. The number of rotatable bonds is 52. The van der Waals surface area contributed by atoms with Gasteiger partial charge in [-0.1, -0.05) is 214 Å². The maximum absolute atomic E-state index is 12.9. The third-order valence-corrected chi connectivity index (χ3v) is 12.1. The molecule has 9 nitrogen and oxygen atoms in total. The zero-order valence-corrected chi connectivity index (χ0v) is 46.8. The number of hydrogen-bond acceptors (Lipinski definition) is 8. The van der Waals surface area contributed by atoms with Gasteiger partial charge in [-0.05, 0) is 96.3 Å². The van der Waals surface area contributed by atoms with Crippen molar-refractivity contribution in [3.63, 3.8) is 0 Å². The summed E-state index contributed by atoms with van der Waals surface area (Å²) in [5.41, 5.74) is 0. The maximum Gasteiger partial charge on any atom is 0.306 e. The van der Waals surface area contributed by atoms with Crippen molar-refractivity contribution in [2.24, 2.45) is 0 Å². The second kappa shape index (κ2) is 53.5. The molecular weight excluding hydrogens is 899 g/mol. The van der Waals surface area contributed by atoms with Gasteiger partial charge in [-0.25, -0.2) is 0 Å². The van der Waals surface area contributed by atoms with Crippen LogP contribution in [0.4, 0.5) is 0 Å². The Morgan fingerprint density at radius 2 is 0.792 bits per heavy atom. The minimum atomic E-state index is -1.63. The molecule has 0 saturated heterocycles. The van der Waals surface area contributed by atoms with Crippen LogP contribution < -0.4 is 5.11 Å². The van der Waals surface area contributed by atoms with Gasteiger partial charge in [-0.2, -0.15) is 0 Å². The Morgan fingerprint density at radius 1 is 0.431 bits per heavy atom. The summed E-state index contributed by atoms with van der Waals surface area (Å²) < 4.78 is 22.7. The van der Waals surface area contributed by atoms with Crippen molar-refractivity contribution < 1.29 is 42.9 Å². The van der Waals surface area contributed by atoms with Crippen LogP contribution in [0.2, 0.25) is 0 Å². The quantitative estimate of drug-likeness (QED) is 0.0195. The molecule has 412 valence electrons. The summed E-state index contributed by atoms with van der Waals surface area (Å²) in [6, 6.07) is 0. The van der Waals surface area contributed by atoms with Crippen molar-refractivity contribution in [3.8, 4) is 0 Å². The number of unbranched alkanes of at least 4 members (excludes halogenated alkanes) is 21. The first-order valence-electron chi connectivity index (χ1n) is 28.9. The lowest BCUT2D eigenvalue weighted by atomic mass is 10.0. The number of nitrogens with zero attached hydrogens (tertiary/aromatic N) is 1. The SMILES string of the molecule is CC/C=C\C/C=C\C/C=C\C/C=C\C/C=C\C/C=C\CCCCCCCCCCCCC(=O)OC(COC(=O)CCCCCCCCC/C=C\C/C=C\CCCCCC)COC(OCC[N+](C)(C)C)C(=O)[O-]. The number of hydrogen-bond donors (Lipinski definition) is 0. The molecule has 9 heteroatoms. The number of ether oxygens (including phenoxy) is 4. The van der Waals surface area contributed by atoms with E-state index in [1.165, 1.54) is 89.9 Å². The fraction of sp³-hybridized carbons (Fsp3) is 0.698. The number of carbonyl (C=O) groups is 3. The highest BCUT2D eigenvalue weighted by molar-refractivity contribution is 5.70. The summed E-state index contributed by atoms with van der Waals surface area (Å²) in [5.74, 6) is -2.30. The van der Waals surface area contributed by atoms with E-state index in [1.54, 1.807) is 0 Å². The van der Waals surface area contributed by atoms with Crippen LogP contribution in [0, 0.1) is 0 Å². The zero-order valence-electron chi connectivity index (χ0n) is 46.8. The number of likely N-dealkylation sites (N-methyl/N-ethyl adjacent to an activating group) is 1. The first-order valence-corrected chi connectivity index (χ1v) is 28.9. The normalized spacial score (nSPS) is 13.5. The van der Waals surface area contributed by atoms with Crippen LogP contribution in [0.5, 0.6) is 0 Å². The van der Waals surface area contributed by atoms with Crippen LogP contribution in [0.15, 0.2) is 97.2 Å². The van der Waals surface area contributed by atoms with Gasteiger partial charge in [-0.15, -0.1) is 0 Å². The number of esters is 2. The fourth-order valence-electron chi connectivity index (χ4n) is 7.63. The van der Waals surface area contributed by atoms with E-state index in [-0.39, 0.29) is 38.6 Å². The Morgan fingerprint density at radius 3 is 1.18 bits per heavy atom. The van der Waals surface area contributed by atoms with Crippen molar-refractivity contribution in [3.05, 3.63) is 97.2 Å². The monoisotopic (exact) mass is 1010 g/mol. The van der Waals surface area contributed by atoms with Gasteiger partial charge in [0.25, 0.3) is 0 Å². The average Bonchev–Trinajstić information content (AvgIpc) is 3.35. The molecule has 2 unspecified atom stereocenters. The van der Waals surface area contributed by atoms with E-state index in [1.807, 2.05) is 21.1 Å². The van der Waals surface area contributed by atoms with Crippen molar-refractivity contribution >= 4 is 17.9 Å². The lowest BCUT2D eigenvalue weighted by Gasteiger charge is -2.26. The number of quaternary nitrogens is 1. The van der Waals surface area contributed by atoms with E-state index in [2.05, 4.69) is 111 Å². The zero-order chi connectivity index (χ0) is 52.7. The van der Waals surface area contributed by atoms with E-state index in [0.717, 1.165) is 103 Å². The molecular formula is C63H107NO8. The molecule has 0 aromatic rings. The van der Waals surface area contributed by atoms with Gasteiger partial charge in [0.2, 0.25) is 0 Å². The summed E-state index contributed by atoms with van der Waals surface area (Å²) in [7, 11) is 5.91.